The summed E-state index contributed by atoms with van der Waals surface area (Å²) in [7, 11) is 0. The molecule has 0 radical (unpaired) electrons. The van der Waals surface area contributed by atoms with Gasteiger partial charge in [-0.1, -0.05) is 62.1 Å². The van der Waals surface area contributed by atoms with E-state index < -0.39 is 4.92 Å². The van der Waals surface area contributed by atoms with Gasteiger partial charge in [0, 0.05) is 6.07 Å². The minimum absolute atomic E-state index is 0.0425. The van der Waals surface area contributed by atoms with Gasteiger partial charge >= 0.3 is 0 Å². The molecule has 0 atom stereocenters. The van der Waals surface area contributed by atoms with E-state index in [4.69, 9.17) is 12.2 Å². The third-order valence-electron chi connectivity index (χ3n) is 4.03. The highest BCUT2D eigenvalue weighted by molar-refractivity contribution is 8.27. The van der Waals surface area contributed by atoms with Crippen LogP contribution in [0.15, 0.2) is 53.4 Å². The van der Waals surface area contributed by atoms with Crippen molar-refractivity contribution in [3.8, 4) is 0 Å². The zero-order valence-electron chi connectivity index (χ0n) is 14.2. The minimum Gasteiger partial charge on any atom is -0.268 e. The molecule has 7 heteroatoms. The summed E-state index contributed by atoms with van der Waals surface area (Å²) >= 11 is 6.50. The minimum atomic E-state index is -0.461. The molecule has 0 spiro atoms. The number of hydrogen-bond donors (Lipinski definition) is 0. The third kappa shape index (κ3) is 3.54. The topological polar surface area (TPSA) is 63.5 Å². The summed E-state index contributed by atoms with van der Waals surface area (Å²) in [5.74, 6) is 0.129. The van der Waals surface area contributed by atoms with Gasteiger partial charge in [0.05, 0.1) is 21.1 Å². The number of amides is 1. The van der Waals surface area contributed by atoms with Crippen molar-refractivity contribution in [3.63, 3.8) is 0 Å². The van der Waals surface area contributed by atoms with Crippen molar-refractivity contribution < 1.29 is 9.72 Å². The van der Waals surface area contributed by atoms with Crippen LogP contribution in [0.25, 0.3) is 6.08 Å². The Balaban J connectivity index is 1.93. The maximum Gasteiger partial charge on any atom is 0.276 e. The number of anilines is 1. The number of thiocarbonyl (C=S) groups is 1. The molecular formula is C19H16N2O3S2. The van der Waals surface area contributed by atoms with Gasteiger partial charge in [-0.3, -0.25) is 19.8 Å². The van der Waals surface area contributed by atoms with E-state index in [1.807, 2.05) is 24.3 Å². The molecule has 1 saturated heterocycles. The van der Waals surface area contributed by atoms with Crippen LogP contribution >= 0.6 is 24.0 Å². The molecule has 0 N–H and O–H groups in total. The Morgan fingerprint density at radius 1 is 1.15 bits per heavy atom. The van der Waals surface area contributed by atoms with Gasteiger partial charge in [0.15, 0.2) is 4.32 Å². The average molecular weight is 384 g/mol. The van der Waals surface area contributed by atoms with E-state index >= 15 is 0 Å². The Hall–Kier alpha value is -2.51. The number of carbonyl (C=O) groups is 1. The van der Waals surface area contributed by atoms with E-state index in [1.54, 1.807) is 18.2 Å². The van der Waals surface area contributed by atoms with Gasteiger partial charge in [-0.05, 0) is 35.8 Å². The van der Waals surface area contributed by atoms with Gasteiger partial charge in [-0.2, -0.15) is 0 Å². The van der Waals surface area contributed by atoms with E-state index in [-0.39, 0.29) is 11.6 Å². The molecule has 0 aromatic heterocycles. The van der Waals surface area contributed by atoms with Gasteiger partial charge in [0.2, 0.25) is 0 Å². The molecule has 1 heterocycles. The zero-order valence-corrected chi connectivity index (χ0v) is 15.8. The molecule has 0 unspecified atom stereocenters. The molecule has 1 amide bonds. The molecule has 0 saturated carbocycles. The monoisotopic (exact) mass is 384 g/mol. The van der Waals surface area contributed by atoms with Gasteiger partial charge in [-0.15, -0.1) is 0 Å². The van der Waals surface area contributed by atoms with E-state index in [0.717, 1.165) is 11.8 Å². The SMILES string of the molecule is CC(C)c1ccc(N2C(=O)/C(=C/c3ccccc3[N+](=O)[O-])SC2=S)cc1. The quantitative estimate of drug-likeness (QED) is 0.317. The van der Waals surface area contributed by atoms with Crippen molar-refractivity contribution in [2.75, 3.05) is 4.90 Å². The first-order valence-electron chi connectivity index (χ1n) is 8.00. The number of para-hydroxylation sites is 1. The maximum atomic E-state index is 12.8. The van der Waals surface area contributed by atoms with E-state index in [1.165, 1.54) is 22.6 Å². The standard InChI is InChI=1S/C19H16N2O3S2/c1-12(2)13-7-9-15(10-8-13)20-18(22)17(26-19(20)25)11-14-5-3-4-6-16(14)21(23)24/h3-12H,1-2H3/b17-11-. The van der Waals surface area contributed by atoms with Gasteiger partial charge in [0.1, 0.15) is 0 Å². The van der Waals surface area contributed by atoms with Crippen LogP contribution < -0.4 is 4.90 Å². The number of benzene rings is 2. The number of nitro benzene ring substituents is 1. The Bertz CT molecular complexity index is 921. The summed E-state index contributed by atoms with van der Waals surface area (Å²) in [6.45, 7) is 4.20. The lowest BCUT2D eigenvalue weighted by Gasteiger charge is -2.15. The summed E-state index contributed by atoms with van der Waals surface area (Å²) in [4.78, 5) is 25.3. The highest BCUT2D eigenvalue weighted by atomic mass is 32.2. The molecule has 1 aliphatic rings. The van der Waals surface area contributed by atoms with Crippen molar-refractivity contribution in [3.05, 3.63) is 74.7 Å². The Morgan fingerprint density at radius 2 is 1.81 bits per heavy atom. The number of hydrogen-bond acceptors (Lipinski definition) is 5. The fraction of sp³-hybridized carbons (Fsp3) is 0.158. The third-order valence-corrected chi connectivity index (χ3v) is 5.33. The molecule has 0 bridgehead atoms. The molecule has 1 fully saturated rings. The highest BCUT2D eigenvalue weighted by Crippen LogP contribution is 2.37. The van der Waals surface area contributed by atoms with E-state index in [9.17, 15) is 14.9 Å². The zero-order chi connectivity index (χ0) is 18.8. The van der Waals surface area contributed by atoms with Crippen LogP contribution in [0.2, 0.25) is 0 Å². The molecule has 5 nitrogen and oxygen atoms in total. The first-order chi connectivity index (χ1) is 12.4. The fourth-order valence-electron chi connectivity index (χ4n) is 2.62. The van der Waals surface area contributed by atoms with Gasteiger partial charge < -0.3 is 0 Å². The first kappa shape index (κ1) is 18.3. The fourth-order valence-corrected chi connectivity index (χ4v) is 3.91. The Labute approximate surface area is 160 Å². The van der Waals surface area contributed by atoms with Crippen molar-refractivity contribution in [2.24, 2.45) is 0 Å². The Kier molecular flexibility index (Phi) is 5.20. The number of nitrogens with zero attached hydrogens (tertiary/aromatic N) is 2. The molecule has 2 aromatic rings. The lowest BCUT2D eigenvalue weighted by molar-refractivity contribution is -0.385. The lowest BCUT2D eigenvalue weighted by Crippen LogP contribution is -2.27. The highest BCUT2D eigenvalue weighted by Gasteiger charge is 2.33. The molecule has 2 aromatic carbocycles. The van der Waals surface area contributed by atoms with Gasteiger partial charge in [-0.25, -0.2) is 0 Å². The van der Waals surface area contributed by atoms with Crippen molar-refractivity contribution in [2.45, 2.75) is 19.8 Å². The second-order valence-electron chi connectivity index (χ2n) is 6.08. The van der Waals surface area contributed by atoms with Gasteiger partial charge in [0.25, 0.3) is 11.6 Å². The normalized spacial score (nSPS) is 16.0. The molecular weight excluding hydrogens is 368 g/mol. The van der Waals surface area contributed by atoms with Crippen LogP contribution in [0.4, 0.5) is 11.4 Å². The molecule has 26 heavy (non-hydrogen) atoms. The molecule has 3 rings (SSSR count). The summed E-state index contributed by atoms with van der Waals surface area (Å²) in [6, 6.07) is 14.0. The van der Waals surface area contributed by atoms with Crippen molar-refractivity contribution in [1.29, 1.82) is 0 Å². The van der Waals surface area contributed by atoms with Crippen molar-refractivity contribution >= 4 is 51.7 Å². The largest absolute Gasteiger partial charge is 0.276 e. The maximum absolute atomic E-state index is 12.8. The first-order valence-corrected chi connectivity index (χ1v) is 9.22. The van der Waals surface area contributed by atoms with Crippen LogP contribution in [0, 0.1) is 10.1 Å². The molecule has 132 valence electrons. The van der Waals surface area contributed by atoms with Crippen LogP contribution in [0.5, 0.6) is 0 Å². The van der Waals surface area contributed by atoms with E-state index in [2.05, 4.69) is 13.8 Å². The summed E-state index contributed by atoms with van der Waals surface area (Å²) < 4.78 is 0.414. The second-order valence-corrected chi connectivity index (χ2v) is 7.76. The molecule has 0 aliphatic carbocycles. The van der Waals surface area contributed by atoms with Crippen molar-refractivity contribution in [1.82, 2.24) is 0 Å². The van der Waals surface area contributed by atoms with Crippen LogP contribution in [-0.2, 0) is 4.79 Å². The predicted molar refractivity (Wildman–Crippen MR) is 109 cm³/mol. The summed E-state index contributed by atoms with van der Waals surface area (Å²) in [6.07, 6.45) is 1.53. The Morgan fingerprint density at radius 3 is 2.42 bits per heavy atom. The number of carbonyl (C=O) groups excluding carboxylic acids is 1. The van der Waals surface area contributed by atoms with Crippen LogP contribution in [0.3, 0.4) is 0 Å². The average Bonchev–Trinajstić information content (AvgIpc) is 2.89. The van der Waals surface area contributed by atoms with Crippen LogP contribution in [0.1, 0.15) is 30.9 Å². The van der Waals surface area contributed by atoms with E-state index in [0.29, 0.717) is 26.4 Å². The summed E-state index contributed by atoms with van der Waals surface area (Å²) in [5, 5.41) is 11.2. The predicted octanol–water partition coefficient (Wildman–Crippen LogP) is 5.12. The van der Waals surface area contributed by atoms with Crippen LogP contribution in [-0.4, -0.2) is 15.2 Å². The smallest absolute Gasteiger partial charge is 0.268 e. The number of nitro groups is 1. The lowest BCUT2D eigenvalue weighted by atomic mass is 10.0. The second kappa shape index (κ2) is 7.39. The molecule has 1 aliphatic heterocycles. The number of rotatable bonds is 4. The number of thioether (sulfide) groups is 1. The summed E-state index contributed by atoms with van der Waals surface area (Å²) in [5.41, 5.74) is 2.21.